The van der Waals surface area contributed by atoms with E-state index >= 15 is 0 Å². The van der Waals surface area contributed by atoms with E-state index in [1.165, 1.54) is 5.56 Å². The standard InChI is InChI=1S/C20H31BrN2O/c1-14(2)10-16(11-15-6-5-7-17(21)12-15)19(24)23-9-8-18(22)20(3,4)13-23/h5-7,12,14,16,18H,8-11,13,22H2,1-4H3. The van der Waals surface area contributed by atoms with Crippen molar-refractivity contribution in [1.82, 2.24) is 4.90 Å². The van der Waals surface area contributed by atoms with Crippen LogP contribution in [0.15, 0.2) is 28.7 Å². The largest absolute Gasteiger partial charge is 0.342 e. The van der Waals surface area contributed by atoms with Crippen molar-refractivity contribution >= 4 is 21.8 Å². The summed E-state index contributed by atoms with van der Waals surface area (Å²) in [6.07, 6.45) is 2.62. The van der Waals surface area contributed by atoms with Crippen LogP contribution < -0.4 is 5.73 Å². The highest BCUT2D eigenvalue weighted by Gasteiger charge is 2.37. The van der Waals surface area contributed by atoms with Crippen molar-refractivity contribution in [3.8, 4) is 0 Å². The van der Waals surface area contributed by atoms with Crippen molar-refractivity contribution < 1.29 is 4.79 Å². The Morgan fingerprint density at radius 1 is 1.42 bits per heavy atom. The SMILES string of the molecule is CC(C)CC(Cc1cccc(Br)c1)C(=O)N1CCC(N)C(C)(C)C1. The van der Waals surface area contributed by atoms with Crippen molar-refractivity contribution in [2.24, 2.45) is 23.0 Å². The van der Waals surface area contributed by atoms with Gasteiger partial charge in [0.15, 0.2) is 0 Å². The second-order valence-corrected chi connectivity index (χ2v) is 9.22. The quantitative estimate of drug-likeness (QED) is 0.811. The van der Waals surface area contributed by atoms with E-state index in [2.05, 4.69) is 55.8 Å². The third-order valence-electron chi connectivity index (χ3n) is 5.10. The van der Waals surface area contributed by atoms with Gasteiger partial charge in [-0.1, -0.05) is 55.8 Å². The molecule has 0 aliphatic carbocycles. The van der Waals surface area contributed by atoms with Crippen LogP contribution in [0.1, 0.15) is 46.1 Å². The molecule has 0 saturated carbocycles. The number of rotatable bonds is 5. The molecule has 1 aliphatic rings. The van der Waals surface area contributed by atoms with Crippen molar-refractivity contribution in [3.63, 3.8) is 0 Å². The Kier molecular flexibility index (Phi) is 6.49. The summed E-state index contributed by atoms with van der Waals surface area (Å²) in [5, 5.41) is 0. The van der Waals surface area contributed by atoms with Crippen LogP contribution in [-0.2, 0) is 11.2 Å². The fraction of sp³-hybridized carbons (Fsp3) is 0.650. The van der Waals surface area contributed by atoms with Crippen LogP contribution in [0.2, 0.25) is 0 Å². The number of halogens is 1. The smallest absolute Gasteiger partial charge is 0.226 e. The number of carbonyl (C=O) groups excluding carboxylic acids is 1. The molecule has 1 saturated heterocycles. The lowest BCUT2D eigenvalue weighted by Crippen LogP contribution is -2.55. The highest BCUT2D eigenvalue weighted by Crippen LogP contribution is 2.30. The summed E-state index contributed by atoms with van der Waals surface area (Å²) < 4.78 is 1.07. The zero-order valence-electron chi connectivity index (χ0n) is 15.4. The molecule has 0 spiro atoms. The number of nitrogens with zero attached hydrogens (tertiary/aromatic N) is 1. The molecular formula is C20H31BrN2O. The van der Waals surface area contributed by atoms with E-state index in [9.17, 15) is 4.79 Å². The number of benzene rings is 1. The molecule has 3 nitrogen and oxygen atoms in total. The Hall–Kier alpha value is -0.870. The Bertz CT molecular complexity index is 571. The summed E-state index contributed by atoms with van der Waals surface area (Å²) in [5.74, 6) is 0.847. The molecule has 1 aromatic carbocycles. The zero-order chi connectivity index (χ0) is 17.9. The molecule has 1 aromatic rings. The van der Waals surface area contributed by atoms with E-state index in [0.29, 0.717) is 11.8 Å². The molecule has 0 radical (unpaired) electrons. The van der Waals surface area contributed by atoms with E-state index in [0.717, 1.165) is 36.8 Å². The number of likely N-dealkylation sites (tertiary alicyclic amines) is 1. The maximum atomic E-state index is 13.2. The van der Waals surface area contributed by atoms with Crippen molar-refractivity contribution in [2.75, 3.05) is 13.1 Å². The van der Waals surface area contributed by atoms with Crippen molar-refractivity contribution in [1.29, 1.82) is 0 Å². The average molecular weight is 395 g/mol. The molecule has 134 valence electrons. The number of piperidine rings is 1. The molecule has 1 aliphatic heterocycles. The second-order valence-electron chi connectivity index (χ2n) is 8.30. The molecule has 1 amide bonds. The molecule has 1 heterocycles. The lowest BCUT2D eigenvalue weighted by atomic mass is 9.79. The fourth-order valence-corrected chi connectivity index (χ4v) is 4.06. The number of nitrogens with two attached hydrogens (primary N) is 1. The third kappa shape index (κ3) is 5.06. The molecule has 2 atom stereocenters. The highest BCUT2D eigenvalue weighted by molar-refractivity contribution is 9.10. The fourth-order valence-electron chi connectivity index (χ4n) is 3.61. The Morgan fingerprint density at radius 2 is 2.12 bits per heavy atom. The summed E-state index contributed by atoms with van der Waals surface area (Å²) in [6, 6.07) is 8.48. The van der Waals surface area contributed by atoms with Crippen LogP contribution in [0.4, 0.5) is 0 Å². The minimum absolute atomic E-state index is 0.00787. The first-order valence-corrected chi connectivity index (χ1v) is 9.77. The van der Waals surface area contributed by atoms with Gasteiger partial charge in [0.1, 0.15) is 0 Å². The van der Waals surface area contributed by atoms with Crippen LogP contribution in [0, 0.1) is 17.3 Å². The predicted octanol–water partition coefficient (Wildman–Crippen LogP) is 4.24. The average Bonchev–Trinajstić information content (AvgIpc) is 2.48. The van der Waals surface area contributed by atoms with Gasteiger partial charge in [-0.05, 0) is 48.3 Å². The van der Waals surface area contributed by atoms with Gasteiger partial charge in [0.25, 0.3) is 0 Å². The van der Waals surface area contributed by atoms with Gasteiger partial charge in [0, 0.05) is 29.5 Å². The number of hydrogen-bond acceptors (Lipinski definition) is 2. The molecule has 4 heteroatoms. The molecule has 2 rings (SSSR count). The van der Waals surface area contributed by atoms with Gasteiger partial charge in [-0.3, -0.25) is 4.79 Å². The van der Waals surface area contributed by atoms with Crippen LogP contribution in [-0.4, -0.2) is 29.9 Å². The van der Waals surface area contributed by atoms with Crippen LogP contribution in [0.5, 0.6) is 0 Å². The Balaban J connectivity index is 2.13. The highest BCUT2D eigenvalue weighted by atomic mass is 79.9. The summed E-state index contributed by atoms with van der Waals surface area (Å²) in [7, 11) is 0. The first kappa shape index (κ1) is 19.5. The van der Waals surface area contributed by atoms with Crippen LogP contribution >= 0.6 is 15.9 Å². The van der Waals surface area contributed by atoms with Gasteiger partial charge in [-0.2, -0.15) is 0 Å². The lowest BCUT2D eigenvalue weighted by molar-refractivity contribution is -0.139. The second kappa shape index (κ2) is 8.01. The minimum atomic E-state index is -0.00787. The van der Waals surface area contributed by atoms with E-state index in [1.54, 1.807) is 0 Å². The van der Waals surface area contributed by atoms with Gasteiger partial charge in [-0.15, -0.1) is 0 Å². The third-order valence-corrected chi connectivity index (χ3v) is 5.59. The predicted molar refractivity (Wildman–Crippen MR) is 104 cm³/mol. The maximum Gasteiger partial charge on any atom is 0.226 e. The number of amides is 1. The number of carbonyl (C=O) groups is 1. The normalized spacial score (nSPS) is 21.8. The molecule has 1 fully saturated rings. The van der Waals surface area contributed by atoms with E-state index in [1.807, 2.05) is 17.0 Å². The van der Waals surface area contributed by atoms with E-state index in [4.69, 9.17) is 5.73 Å². The van der Waals surface area contributed by atoms with Crippen molar-refractivity contribution in [3.05, 3.63) is 34.3 Å². The van der Waals surface area contributed by atoms with Gasteiger partial charge >= 0.3 is 0 Å². The lowest BCUT2D eigenvalue weighted by Gasteiger charge is -2.43. The van der Waals surface area contributed by atoms with Gasteiger partial charge in [0.05, 0.1) is 0 Å². The van der Waals surface area contributed by atoms with E-state index < -0.39 is 0 Å². The maximum absolute atomic E-state index is 13.2. The molecular weight excluding hydrogens is 364 g/mol. The van der Waals surface area contributed by atoms with Gasteiger partial charge < -0.3 is 10.6 Å². The van der Waals surface area contributed by atoms with Gasteiger partial charge in [-0.25, -0.2) is 0 Å². The van der Waals surface area contributed by atoms with Crippen LogP contribution in [0.25, 0.3) is 0 Å². The van der Waals surface area contributed by atoms with Gasteiger partial charge in [0.2, 0.25) is 5.91 Å². The number of hydrogen-bond donors (Lipinski definition) is 1. The summed E-state index contributed by atoms with van der Waals surface area (Å²) >= 11 is 3.53. The van der Waals surface area contributed by atoms with E-state index in [-0.39, 0.29) is 17.4 Å². The summed E-state index contributed by atoms with van der Waals surface area (Å²) in [5.41, 5.74) is 7.44. The monoisotopic (exact) mass is 394 g/mol. The molecule has 24 heavy (non-hydrogen) atoms. The molecule has 0 aromatic heterocycles. The first-order valence-electron chi connectivity index (χ1n) is 8.98. The minimum Gasteiger partial charge on any atom is -0.342 e. The Labute approximate surface area is 155 Å². The zero-order valence-corrected chi connectivity index (χ0v) is 17.0. The Morgan fingerprint density at radius 3 is 2.71 bits per heavy atom. The molecule has 2 unspecified atom stereocenters. The van der Waals surface area contributed by atoms with Crippen molar-refractivity contribution in [2.45, 2.75) is 53.0 Å². The molecule has 0 bridgehead atoms. The van der Waals surface area contributed by atoms with Crippen LogP contribution in [0.3, 0.4) is 0 Å². The summed E-state index contributed by atoms with van der Waals surface area (Å²) in [6.45, 7) is 10.3. The summed E-state index contributed by atoms with van der Waals surface area (Å²) in [4.78, 5) is 15.2. The topological polar surface area (TPSA) is 46.3 Å². The molecule has 2 N–H and O–H groups in total. The first-order chi connectivity index (χ1) is 11.2.